The predicted molar refractivity (Wildman–Crippen MR) is 97.3 cm³/mol. The van der Waals surface area contributed by atoms with Crippen LogP contribution in [-0.4, -0.2) is 15.9 Å². The van der Waals surface area contributed by atoms with Gasteiger partial charge in [0.2, 0.25) is 0 Å². The van der Waals surface area contributed by atoms with Gasteiger partial charge in [-0.15, -0.1) is 0 Å². The van der Waals surface area contributed by atoms with E-state index in [-0.39, 0.29) is 16.7 Å². The molecule has 0 radical (unpaired) electrons. The fraction of sp³-hybridized carbons (Fsp3) is 0.176. The molecule has 0 fully saturated rings. The van der Waals surface area contributed by atoms with Crippen molar-refractivity contribution in [3.63, 3.8) is 0 Å². The lowest BCUT2D eigenvalue weighted by atomic mass is 10.0. The number of carbonyl (C=O) groups excluding carboxylic acids is 1. The van der Waals surface area contributed by atoms with Gasteiger partial charge < -0.3 is 5.32 Å². The molecule has 2 rings (SSSR count). The van der Waals surface area contributed by atoms with Crippen molar-refractivity contribution in [3.8, 4) is 0 Å². The quantitative estimate of drug-likeness (QED) is 0.500. The highest BCUT2D eigenvalue weighted by molar-refractivity contribution is 7.80. The average molecular weight is 343 g/mol. The molecule has 2 aromatic rings. The Hall–Kier alpha value is -2.80. The zero-order chi connectivity index (χ0) is 17.7. The largest absolute Gasteiger partial charge is 0.332 e. The molecule has 2 aromatic carbocycles. The minimum atomic E-state index is -0.481. The lowest BCUT2D eigenvalue weighted by Gasteiger charge is -2.10. The van der Waals surface area contributed by atoms with Crippen molar-refractivity contribution < 1.29 is 9.72 Å². The smallest absolute Gasteiger partial charge is 0.269 e. The summed E-state index contributed by atoms with van der Waals surface area (Å²) < 4.78 is 0. The number of hydrogen-bond donors (Lipinski definition) is 2. The van der Waals surface area contributed by atoms with Crippen LogP contribution in [-0.2, 0) is 0 Å². The van der Waals surface area contributed by atoms with E-state index in [0.29, 0.717) is 17.2 Å². The molecule has 0 aliphatic rings. The molecule has 0 atom stereocenters. The van der Waals surface area contributed by atoms with Gasteiger partial charge >= 0.3 is 0 Å². The first-order valence-electron chi connectivity index (χ1n) is 7.33. The fourth-order valence-electron chi connectivity index (χ4n) is 2.02. The van der Waals surface area contributed by atoms with Crippen LogP contribution in [0.4, 0.5) is 11.4 Å². The monoisotopic (exact) mass is 343 g/mol. The highest BCUT2D eigenvalue weighted by atomic mass is 32.1. The van der Waals surface area contributed by atoms with Gasteiger partial charge in [0.05, 0.1) is 4.92 Å². The minimum Gasteiger partial charge on any atom is -0.332 e. The maximum Gasteiger partial charge on any atom is 0.269 e. The second-order valence-electron chi connectivity index (χ2n) is 5.49. The van der Waals surface area contributed by atoms with Gasteiger partial charge in [-0.3, -0.25) is 20.2 Å². The van der Waals surface area contributed by atoms with Crippen LogP contribution in [0, 0.1) is 10.1 Å². The number of nitro groups is 1. The van der Waals surface area contributed by atoms with Crippen LogP contribution >= 0.6 is 12.2 Å². The summed E-state index contributed by atoms with van der Waals surface area (Å²) in [5, 5.41) is 16.1. The zero-order valence-corrected chi connectivity index (χ0v) is 14.1. The molecule has 124 valence electrons. The third-order valence-electron chi connectivity index (χ3n) is 3.40. The van der Waals surface area contributed by atoms with Crippen LogP contribution in [0.1, 0.15) is 35.7 Å². The molecule has 0 aliphatic carbocycles. The maximum atomic E-state index is 12.1. The number of benzene rings is 2. The number of carbonyl (C=O) groups is 1. The molecule has 24 heavy (non-hydrogen) atoms. The van der Waals surface area contributed by atoms with Gasteiger partial charge in [-0.25, -0.2) is 0 Å². The van der Waals surface area contributed by atoms with E-state index >= 15 is 0 Å². The van der Waals surface area contributed by atoms with E-state index in [4.69, 9.17) is 12.2 Å². The molecule has 0 aliphatic heterocycles. The molecule has 6 nitrogen and oxygen atoms in total. The number of nitro benzene ring substituents is 1. The molecular weight excluding hydrogens is 326 g/mol. The van der Waals surface area contributed by atoms with E-state index in [1.54, 1.807) is 12.1 Å². The summed E-state index contributed by atoms with van der Waals surface area (Å²) in [5.41, 5.74) is 2.20. The molecule has 0 spiro atoms. The third-order valence-corrected chi connectivity index (χ3v) is 3.61. The first-order chi connectivity index (χ1) is 11.4. The summed E-state index contributed by atoms with van der Waals surface area (Å²) >= 11 is 5.09. The summed E-state index contributed by atoms with van der Waals surface area (Å²) in [7, 11) is 0. The number of rotatable bonds is 4. The topological polar surface area (TPSA) is 84.3 Å². The first kappa shape index (κ1) is 17.6. The highest BCUT2D eigenvalue weighted by Gasteiger charge is 2.09. The number of hydrogen-bond acceptors (Lipinski definition) is 4. The summed E-state index contributed by atoms with van der Waals surface area (Å²) in [5.74, 6) is 0.0803. The van der Waals surface area contributed by atoms with Crippen molar-refractivity contribution in [2.24, 2.45) is 0 Å². The van der Waals surface area contributed by atoms with Crippen molar-refractivity contribution in [2.45, 2.75) is 19.8 Å². The van der Waals surface area contributed by atoms with Gasteiger partial charge in [0.25, 0.3) is 11.6 Å². The van der Waals surface area contributed by atoms with E-state index in [1.807, 2.05) is 12.1 Å². The molecule has 2 N–H and O–H groups in total. The van der Waals surface area contributed by atoms with E-state index in [9.17, 15) is 14.9 Å². The number of nitrogens with zero attached hydrogens (tertiary/aromatic N) is 1. The SMILES string of the molecule is CC(C)c1ccc(C(=O)NC(=S)Nc2ccc([N+](=O)[O-])cc2)cc1. The maximum absolute atomic E-state index is 12.1. The number of non-ortho nitro benzene ring substituents is 1. The minimum absolute atomic E-state index is 0.0132. The zero-order valence-electron chi connectivity index (χ0n) is 13.3. The summed E-state index contributed by atoms with van der Waals surface area (Å²) in [6, 6.07) is 13.1. The molecule has 0 aromatic heterocycles. The fourth-order valence-corrected chi connectivity index (χ4v) is 2.23. The second-order valence-corrected chi connectivity index (χ2v) is 5.90. The molecule has 0 heterocycles. The molecule has 0 saturated heterocycles. The standard InChI is InChI=1S/C17H17N3O3S/c1-11(2)12-3-5-13(6-4-12)16(21)19-17(24)18-14-7-9-15(10-8-14)20(22)23/h3-11H,1-2H3,(H2,18,19,21,24). The van der Waals surface area contributed by atoms with Gasteiger partial charge in [0.1, 0.15) is 0 Å². The number of nitrogens with one attached hydrogen (secondary N) is 2. The summed E-state index contributed by atoms with van der Waals surface area (Å²) in [4.78, 5) is 22.3. The molecule has 0 bridgehead atoms. The predicted octanol–water partition coefficient (Wildman–Crippen LogP) is 3.85. The molecule has 7 heteroatoms. The Labute approximate surface area is 145 Å². The highest BCUT2D eigenvalue weighted by Crippen LogP contribution is 2.16. The Balaban J connectivity index is 1.96. The van der Waals surface area contributed by atoms with Crippen LogP contribution in [0.15, 0.2) is 48.5 Å². The number of anilines is 1. The molecule has 0 saturated carbocycles. The normalized spacial score (nSPS) is 10.3. The summed E-state index contributed by atoms with van der Waals surface area (Å²) in [6.45, 7) is 4.16. The van der Waals surface area contributed by atoms with Crippen molar-refractivity contribution in [3.05, 3.63) is 69.8 Å². The lowest BCUT2D eigenvalue weighted by molar-refractivity contribution is -0.384. The van der Waals surface area contributed by atoms with E-state index in [1.165, 1.54) is 24.3 Å². The van der Waals surface area contributed by atoms with Crippen LogP contribution in [0.3, 0.4) is 0 Å². The van der Waals surface area contributed by atoms with Gasteiger partial charge in [0, 0.05) is 23.4 Å². The van der Waals surface area contributed by atoms with E-state index < -0.39 is 4.92 Å². The van der Waals surface area contributed by atoms with Gasteiger partial charge in [-0.2, -0.15) is 0 Å². The average Bonchev–Trinajstić information content (AvgIpc) is 2.55. The number of amides is 1. The third kappa shape index (κ3) is 4.60. The first-order valence-corrected chi connectivity index (χ1v) is 7.74. The molecule has 1 amide bonds. The second kappa shape index (κ2) is 7.65. The molecule has 0 unspecified atom stereocenters. The van der Waals surface area contributed by atoms with E-state index in [0.717, 1.165) is 5.56 Å². The van der Waals surface area contributed by atoms with Gasteiger partial charge in [-0.05, 0) is 48.0 Å². The van der Waals surface area contributed by atoms with Crippen LogP contribution in [0.2, 0.25) is 0 Å². The Morgan fingerprint density at radius 1 is 1.08 bits per heavy atom. The van der Waals surface area contributed by atoms with Crippen LogP contribution in [0.5, 0.6) is 0 Å². The van der Waals surface area contributed by atoms with Crippen molar-refractivity contribution in [2.75, 3.05) is 5.32 Å². The van der Waals surface area contributed by atoms with Crippen LogP contribution < -0.4 is 10.6 Å². The summed E-state index contributed by atoms with van der Waals surface area (Å²) in [6.07, 6.45) is 0. The Morgan fingerprint density at radius 2 is 1.67 bits per heavy atom. The number of thiocarbonyl (C=S) groups is 1. The molecular formula is C17H17N3O3S. The Kier molecular flexibility index (Phi) is 5.59. The van der Waals surface area contributed by atoms with Gasteiger partial charge in [0.15, 0.2) is 5.11 Å². The van der Waals surface area contributed by atoms with Gasteiger partial charge in [-0.1, -0.05) is 26.0 Å². The van der Waals surface area contributed by atoms with Crippen LogP contribution in [0.25, 0.3) is 0 Å². The van der Waals surface area contributed by atoms with Crippen molar-refractivity contribution in [1.29, 1.82) is 0 Å². The van der Waals surface area contributed by atoms with E-state index in [2.05, 4.69) is 24.5 Å². The van der Waals surface area contributed by atoms with Crippen molar-refractivity contribution >= 4 is 34.6 Å². The lowest BCUT2D eigenvalue weighted by Crippen LogP contribution is -2.34. The Morgan fingerprint density at radius 3 is 2.17 bits per heavy atom. The Bertz CT molecular complexity index is 756. The van der Waals surface area contributed by atoms with Crippen molar-refractivity contribution in [1.82, 2.24) is 5.32 Å².